The maximum absolute atomic E-state index is 10.9. The Bertz CT molecular complexity index is 1010. The first-order valence-corrected chi connectivity index (χ1v) is 10.9. The van der Waals surface area contributed by atoms with E-state index in [2.05, 4.69) is 39.8 Å². The number of furan rings is 1. The lowest BCUT2D eigenvalue weighted by molar-refractivity contribution is -0.131. The minimum atomic E-state index is -0.970. The summed E-state index contributed by atoms with van der Waals surface area (Å²) in [6.07, 6.45) is 7.97. The van der Waals surface area contributed by atoms with E-state index < -0.39 is 5.97 Å². The van der Waals surface area contributed by atoms with Crippen molar-refractivity contribution in [3.8, 4) is 5.75 Å². The smallest absolute Gasteiger partial charge is 0.328 e. The molecule has 1 aromatic carbocycles. The number of hydrogen-bond acceptors (Lipinski definition) is 3. The van der Waals surface area contributed by atoms with Crippen LogP contribution in [0.1, 0.15) is 93.1 Å². The Morgan fingerprint density at radius 3 is 2.40 bits per heavy atom. The molecular formula is C26H32O4. The summed E-state index contributed by atoms with van der Waals surface area (Å²) in [5, 5.41) is 8.93. The molecule has 1 N–H and O–H groups in total. The van der Waals surface area contributed by atoms with Gasteiger partial charge in [0, 0.05) is 29.5 Å². The molecule has 0 saturated heterocycles. The van der Waals surface area contributed by atoms with Crippen molar-refractivity contribution in [1.29, 1.82) is 0 Å². The predicted molar refractivity (Wildman–Crippen MR) is 118 cm³/mol. The second kappa shape index (κ2) is 7.33. The van der Waals surface area contributed by atoms with E-state index in [9.17, 15) is 4.79 Å². The summed E-state index contributed by atoms with van der Waals surface area (Å²) in [4.78, 5) is 10.9. The van der Waals surface area contributed by atoms with Crippen molar-refractivity contribution in [2.24, 2.45) is 0 Å². The first kappa shape index (κ1) is 20.8. The van der Waals surface area contributed by atoms with Crippen molar-refractivity contribution in [1.82, 2.24) is 0 Å². The second-order valence-corrected chi connectivity index (χ2v) is 10.1. The van der Waals surface area contributed by atoms with Crippen LogP contribution in [-0.4, -0.2) is 18.2 Å². The highest BCUT2D eigenvalue weighted by atomic mass is 16.5. The van der Waals surface area contributed by atoms with Crippen LogP contribution in [0.25, 0.3) is 6.08 Å². The minimum Gasteiger partial charge on any atom is -0.496 e. The van der Waals surface area contributed by atoms with Gasteiger partial charge < -0.3 is 14.3 Å². The van der Waals surface area contributed by atoms with E-state index in [1.54, 1.807) is 7.11 Å². The summed E-state index contributed by atoms with van der Waals surface area (Å²) in [5.41, 5.74) is 5.48. The van der Waals surface area contributed by atoms with Gasteiger partial charge in [-0.05, 0) is 65.8 Å². The third-order valence-electron chi connectivity index (χ3n) is 7.10. The Morgan fingerprint density at radius 2 is 1.77 bits per heavy atom. The molecule has 160 valence electrons. The lowest BCUT2D eigenvalue weighted by Gasteiger charge is -2.42. The van der Waals surface area contributed by atoms with Gasteiger partial charge in [0.1, 0.15) is 17.3 Å². The molecule has 0 fully saturated rings. The molecule has 1 unspecified atom stereocenters. The van der Waals surface area contributed by atoms with Gasteiger partial charge in [0.25, 0.3) is 0 Å². The SMILES string of the molecule is COc1cc2c(cc1C1CCCc3oc(C=CC(=O)O)cc31)C(C)(C)CCC2(C)C. The number of ether oxygens (including phenoxy) is 1. The fraction of sp³-hybridized carbons (Fsp3) is 0.500. The van der Waals surface area contributed by atoms with Crippen LogP contribution >= 0.6 is 0 Å². The largest absolute Gasteiger partial charge is 0.496 e. The molecule has 0 bridgehead atoms. The first-order chi connectivity index (χ1) is 14.1. The fourth-order valence-electron chi connectivity index (χ4n) is 5.20. The van der Waals surface area contributed by atoms with Gasteiger partial charge >= 0.3 is 5.97 Å². The summed E-state index contributed by atoms with van der Waals surface area (Å²) < 4.78 is 11.9. The molecule has 0 aliphatic heterocycles. The zero-order valence-corrected chi connectivity index (χ0v) is 18.7. The number of fused-ring (bicyclic) bond motifs is 2. The van der Waals surface area contributed by atoms with Crippen molar-refractivity contribution in [2.45, 2.75) is 76.5 Å². The van der Waals surface area contributed by atoms with Crippen LogP contribution in [0.3, 0.4) is 0 Å². The van der Waals surface area contributed by atoms with Crippen molar-refractivity contribution in [2.75, 3.05) is 7.11 Å². The van der Waals surface area contributed by atoms with Crippen LogP contribution in [0.15, 0.2) is 28.7 Å². The highest BCUT2D eigenvalue weighted by molar-refractivity contribution is 5.84. The van der Waals surface area contributed by atoms with Crippen molar-refractivity contribution < 1.29 is 19.1 Å². The third-order valence-corrected chi connectivity index (χ3v) is 7.10. The Hall–Kier alpha value is -2.49. The Balaban J connectivity index is 1.83. The molecule has 1 aromatic heterocycles. The summed E-state index contributed by atoms with van der Waals surface area (Å²) in [5.74, 6) is 1.75. The standard InChI is InChI=1S/C26H32O4/c1-25(2)11-12-26(3,4)21-15-23(29-5)19(14-20(21)25)17-7-6-8-22-18(17)13-16(30-22)9-10-24(27)28/h9-10,13-15,17H,6-8,11-12H2,1-5H3,(H,27,28). The Labute approximate surface area is 178 Å². The zero-order valence-electron chi connectivity index (χ0n) is 18.7. The highest BCUT2D eigenvalue weighted by Gasteiger charge is 2.39. The van der Waals surface area contributed by atoms with Gasteiger partial charge in [-0.15, -0.1) is 0 Å². The summed E-state index contributed by atoms with van der Waals surface area (Å²) in [6.45, 7) is 9.35. The van der Waals surface area contributed by atoms with Gasteiger partial charge in [-0.2, -0.15) is 0 Å². The maximum atomic E-state index is 10.9. The van der Waals surface area contributed by atoms with Crippen molar-refractivity contribution in [3.63, 3.8) is 0 Å². The predicted octanol–water partition coefficient (Wildman–Crippen LogP) is 6.20. The number of carboxylic acid groups (broad SMARTS) is 1. The number of carboxylic acids is 1. The lowest BCUT2D eigenvalue weighted by Crippen LogP contribution is -2.34. The monoisotopic (exact) mass is 408 g/mol. The Morgan fingerprint density at radius 1 is 1.10 bits per heavy atom. The summed E-state index contributed by atoms with van der Waals surface area (Å²) >= 11 is 0. The molecule has 4 nitrogen and oxygen atoms in total. The molecule has 2 aliphatic carbocycles. The molecule has 2 aromatic rings. The van der Waals surface area contributed by atoms with Gasteiger partial charge in [-0.3, -0.25) is 0 Å². The van der Waals surface area contributed by atoms with Gasteiger partial charge in [0.2, 0.25) is 0 Å². The molecule has 2 aliphatic rings. The molecule has 30 heavy (non-hydrogen) atoms. The van der Waals surface area contributed by atoms with Gasteiger partial charge in [0.05, 0.1) is 7.11 Å². The highest BCUT2D eigenvalue weighted by Crippen LogP contribution is 2.50. The van der Waals surface area contributed by atoms with E-state index in [0.29, 0.717) is 5.76 Å². The molecule has 0 saturated carbocycles. The number of aryl methyl sites for hydroxylation is 1. The van der Waals surface area contributed by atoms with Crippen LogP contribution < -0.4 is 4.74 Å². The van der Waals surface area contributed by atoms with Gasteiger partial charge in [-0.1, -0.05) is 33.8 Å². The van der Waals surface area contributed by atoms with Crippen molar-refractivity contribution in [3.05, 3.63) is 58.0 Å². The number of carbonyl (C=O) groups is 1. The average Bonchev–Trinajstić information content (AvgIpc) is 3.12. The number of benzene rings is 1. The average molecular weight is 409 g/mol. The van der Waals surface area contributed by atoms with E-state index in [4.69, 9.17) is 14.3 Å². The van der Waals surface area contributed by atoms with Crippen LogP contribution in [-0.2, 0) is 22.0 Å². The molecule has 1 atom stereocenters. The summed E-state index contributed by atoms with van der Waals surface area (Å²) in [7, 11) is 1.76. The second-order valence-electron chi connectivity index (χ2n) is 10.1. The molecule has 0 radical (unpaired) electrons. The number of rotatable bonds is 4. The van der Waals surface area contributed by atoms with Gasteiger partial charge in [0.15, 0.2) is 0 Å². The van der Waals surface area contributed by atoms with Gasteiger partial charge in [-0.25, -0.2) is 4.79 Å². The molecule has 0 amide bonds. The molecular weight excluding hydrogens is 376 g/mol. The van der Waals surface area contributed by atoms with E-state index in [-0.39, 0.29) is 16.7 Å². The third kappa shape index (κ3) is 3.57. The molecule has 1 heterocycles. The van der Waals surface area contributed by atoms with E-state index in [0.717, 1.165) is 42.4 Å². The lowest BCUT2D eigenvalue weighted by atomic mass is 9.62. The topological polar surface area (TPSA) is 59.7 Å². The van der Waals surface area contributed by atoms with E-state index >= 15 is 0 Å². The molecule has 4 rings (SSSR count). The number of methoxy groups -OCH3 is 1. The first-order valence-electron chi connectivity index (χ1n) is 10.9. The zero-order chi connectivity index (χ0) is 21.7. The quantitative estimate of drug-likeness (QED) is 0.612. The normalized spacial score (nSPS) is 21.8. The number of aliphatic carboxylic acids is 1. The van der Waals surface area contributed by atoms with Crippen LogP contribution in [0, 0.1) is 0 Å². The molecule has 4 heteroatoms. The van der Waals surface area contributed by atoms with Crippen LogP contribution in [0.5, 0.6) is 5.75 Å². The van der Waals surface area contributed by atoms with Crippen molar-refractivity contribution >= 4 is 12.0 Å². The van der Waals surface area contributed by atoms with Crippen LogP contribution in [0.2, 0.25) is 0 Å². The van der Waals surface area contributed by atoms with E-state index in [1.807, 2.05) is 6.07 Å². The fourth-order valence-corrected chi connectivity index (χ4v) is 5.20. The minimum absolute atomic E-state index is 0.134. The Kier molecular flexibility index (Phi) is 5.08. The number of hydrogen-bond donors (Lipinski definition) is 1. The van der Waals surface area contributed by atoms with Crippen LogP contribution in [0.4, 0.5) is 0 Å². The molecule has 0 spiro atoms. The van der Waals surface area contributed by atoms with E-state index in [1.165, 1.54) is 35.6 Å². The maximum Gasteiger partial charge on any atom is 0.328 e. The summed E-state index contributed by atoms with van der Waals surface area (Å²) in [6, 6.07) is 6.66.